The highest BCUT2D eigenvalue weighted by molar-refractivity contribution is 6.34. The minimum atomic E-state index is -1.89. The Morgan fingerprint density at radius 3 is 2.11 bits per heavy atom. The second kappa shape index (κ2) is 19.5. The number of ether oxygens (including phenoxy) is 5. The van der Waals surface area contributed by atoms with Crippen molar-refractivity contribution in [2.75, 3.05) is 13.2 Å². The lowest BCUT2D eigenvalue weighted by molar-refractivity contribution is -0.338. The molecule has 0 aromatic carbocycles. The summed E-state index contributed by atoms with van der Waals surface area (Å²) < 4.78 is 27.9. The van der Waals surface area contributed by atoms with Crippen LogP contribution in [0.15, 0.2) is 82.2 Å². The van der Waals surface area contributed by atoms with E-state index in [1.165, 1.54) is 19.1 Å². The summed E-state index contributed by atoms with van der Waals surface area (Å²) in [5.74, 6) is -3.88. The number of carbonyl (C=O) groups is 3. The molecule has 2 amide bonds. The number of carbonyl (C=O) groups excluding carboxylic acids is 3. The van der Waals surface area contributed by atoms with Gasteiger partial charge in [-0.25, -0.2) is 0 Å². The van der Waals surface area contributed by atoms with Crippen LogP contribution in [0, 0.1) is 0 Å². The third-order valence-corrected chi connectivity index (χ3v) is 9.06. The fourth-order valence-corrected chi connectivity index (χ4v) is 6.35. The molecule has 0 aromatic heterocycles. The van der Waals surface area contributed by atoms with E-state index in [0.29, 0.717) is 10.1 Å². The summed E-state index contributed by atoms with van der Waals surface area (Å²) in [5.41, 5.74) is 4.67. The number of Topliss-reactive ketones (excluding diaryl/α,β-unsaturated/α-hetero) is 1. The minimum Gasteiger partial charge on any atom is -0.507 e. The number of rotatable bonds is 13. The van der Waals surface area contributed by atoms with Crippen LogP contribution in [0.1, 0.15) is 20.3 Å². The van der Waals surface area contributed by atoms with Gasteiger partial charge in [-0.1, -0.05) is 65.7 Å². The van der Waals surface area contributed by atoms with Crippen molar-refractivity contribution in [1.82, 2.24) is 4.90 Å². The summed E-state index contributed by atoms with van der Waals surface area (Å²) in [5, 5.41) is 75.0. The first-order chi connectivity index (χ1) is 25.5. The number of allylic oxidation sites excluding steroid dienone is 12. The van der Waals surface area contributed by atoms with Crippen molar-refractivity contribution >= 4 is 40.8 Å². The maximum Gasteiger partial charge on any atom is 0.264 e. The predicted molar refractivity (Wildman–Crippen MR) is 189 cm³/mol. The number of likely N-dealkylation sites (tertiary alicyclic amines) is 1. The third kappa shape index (κ3) is 10.5. The van der Waals surface area contributed by atoms with Gasteiger partial charge in [0.05, 0.1) is 25.7 Å². The highest BCUT2D eigenvalue weighted by atomic mass is 35.5. The zero-order valence-electron chi connectivity index (χ0n) is 29.1. The van der Waals surface area contributed by atoms with Crippen LogP contribution in [-0.4, -0.2) is 151 Å². The molecule has 0 radical (unpaired) electrons. The lowest BCUT2D eigenvalue weighted by Gasteiger charge is -2.46. The van der Waals surface area contributed by atoms with Gasteiger partial charge < -0.3 is 65.2 Å². The fraction of sp³-hybridized carbons (Fsp3) is 0.514. The van der Waals surface area contributed by atoms with E-state index in [1.54, 1.807) is 49.5 Å². The topological polar surface area (TPSA) is 268 Å². The maximum absolute atomic E-state index is 13.8. The lowest BCUT2D eigenvalue weighted by atomic mass is 10.0. The van der Waals surface area contributed by atoms with Gasteiger partial charge in [0.25, 0.3) is 5.91 Å². The fourth-order valence-electron chi connectivity index (χ4n) is 5.94. The van der Waals surface area contributed by atoms with Crippen LogP contribution in [0.3, 0.4) is 0 Å². The molecule has 0 spiro atoms. The lowest BCUT2D eigenvalue weighted by Crippen LogP contribution is -2.65. The van der Waals surface area contributed by atoms with Crippen LogP contribution in [0.2, 0.25) is 0 Å². The molecule has 4 rings (SSSR count). The Morgan fingerprint density at radius 2 is 1.50 bits per heavy atom. The average molecular weight is 804 g/mol. The Hall–Kier alpha value is -3.27. The van der Waals surface area contributed by atoms with Gasteiger partial charge in [-0.2, -0.15) is 0 Å². The zero-order valence-corrected chi connectivity index (χ0v) is 30.6. The van der Waals surface area contributed by atoms with E-state index in [4.69, 9.17) is 52.6 Å². The van der Waals surface area contributed by atoms with Gasteiger partial charge in [-0.05, 0) is 32.1 Å². The van der Waals surface area contributed by atoms with Gasteiger partial charge in [0.1, 0.15) is 66.2 Å². The third-order valence-electron chi connectivity index (χ3n) is 8.71. The van der Waals surface area contributed by atoms with Gasteiger partial charge >= 0.3 is 0 Å². The first kappa shape index (κ1) is 43.5. The summed E-state index contributed by atoms with van der Waals surface area (Å²) in [6.45, 7) is 2.15. The number of hydrogen-bond donors (Lipinski definition) is 8. The second-order valence-electron chi connectivity index (χ2n) is 12.8. The van der Waals surface area contributed by atoms with Gasteiger partial charge in [0.2, 0.25) is 5.91 Å². The molecule has 0 saturated carbocycles. The monoisotopic (exact) mass is 802 g/mol. The average Bonchev–Trinajstić information content (AvgIpc) is 3.49. The number of amides is 2. The molecule has 4 aliphatic rings. The molecular formula is C35H44Cl2N2O15. The molecule has 298 valence electrons. The highest BCUT2D eigenvalue weighted by Gasteiger charge is 2.56. The number of halogens is 2. The van der Waals surface area contributed by atoms with E-state index in [9.17, 15) is 50.1 Å². The molecular weight excluding hydrogens is 759 g/mol. The Kier molecular flexibility index (Phi) is 15.7. The standard InChI is InChI=1S/C35H44Cl2N2O15/c1-16(36)12-18(37)10-8-6-4-3-5-7-9-11-20(40)24-26(44)19(13-23(38)42)39(32(24)49)33-31(27(45)21(41)14-50-33)54-34-30(48)28(46)22(15-51-34)53-35-29(47)25(43)17(2)52-35/h3-12,17,19,21-22,25,27-31,33-35,40-41,43,45-48H,13-15H2,1-2H3,(H2,38,42)/b4-3?,7-5?,8-6?,11-9?,16-12?,18-10?,24-20-/t17-,19+,21-,22-,25-,27+,28-,29+,30+,31-,33-,34+,35+/m1/s1. The largest absolute Gasteiger partial charge is 0.507 e. The van der Waals surface area contributed by atoms with Crippen molar-refractivity contribution in [3.63, 3.8) is 0 Å². The summed E-state index contributed by atoms with van der Waals surface area (Å²) >= 11 is 11.7. The summed E-state index contributed by atoms with van der Waals surface area (Å²) in [7, 11) is 0. The number of ketones is 1. The van der Waals surface area contributed by atoms with E-state index >= 15 is 0 Å². The quantitative estimate of drug-likeness (QED) is 0.0497. The molecule has 0 aromatic rings. The van der Waals surface area contributed by atoms with E-state index in [0.717, 1.165) is 11.0 Å². The molecule has 54 heavy (non-hydrogen) atoms. The van der Waals surface area contributed by atoms with E-state index in [2.05, 4.69) is 0 Å². The van der Waals surface area contributed by atoms with Crippen molar-refractivity contribution in [2.24, 2.45) is 5.73 Å². The molecule has 0 aliphatic carbocycles. The molecule has 4 saturated heterocycles. The molecule has 4 fully saturated rings. The van der Waals surface area contributed by atoms with Gasteiger partial charge in [0, 0.05) is 10.1 Å². The van der Waals surface area contributed by atoms with Crippen molar-refractivity contribution < 1.29 is 73.8 Å². The van der Waals surface area contributed by atoms with Gasteiger partial charge in [0.15, 0.2) is 24.6 Å². The van der Waals surface area contributed by atoms with E-state index in [1.807, 2.05) is 0 Å². The summed E-state index contributed by atoms with van der Waals surface area (Å²) in [4.78, 5) is 40.1. The van der Waals surface area contributed by atoms with Gasteiger partial charge in [-0.15, -0.1) is 0 Å². The summed E-state index contributed by atoms with van der Waals surface area (Å²) in [6.07, 6.45) is -3.79. The normalized spacial score (nSPS) is 38.3. The molecule has 19 heteroatoms. The van der Waals surface area contributed by atoms with Crippen molar-refractivity contribution in [3.8, 4) is 0 Å². The highest BCUT2D eigenvalue weighted by Crippen LogP contribution is 2.35. The van der Waals surface area contributed by atoms with Crippen molar-refractivity contribution in [3.05, 3.63) is 82.2 Å². The number of nitrogens with zero attached hydrogens (tertiary/aromatic N) is 1. The van der Waals surface area contributed by atoms with Crippen molar-refractivity contribution in [1.29, 1.82) is 0 Å². The van der Waals surface area contributed by atoms with Crippen LogP contribution >= 0.6 is 23.2 Å². The number of aliphatic hydroxyl groups excluding tert-OH is 7. The predicted octanol–water partition coefficient (Wildman–Crippen LogP) is -0.663. The second-order valence-corrected chi connectivity index (χ2v) is 13.8. The molecule has 0 bridgehead atoms. The van der Waals surface area contributed by atoms with E-state index in [-0.39, 0.29) is 0 Å². The molecule has 13 atom stereocenters. The first-order valence-corrected chi connectivity index (χ1v) is 17.5. The summed E-state index contributed by atoms with van der Waals surface area (Å²) in [6, 6.07) is -1.63. The van der Waals surface area contributed by atoms with Gasteiger partial charge in [-0.3, -0.25) is 19.3 Å². The first-order valence-electron chi connectivity index (χ1n) is 16.8. The van der Waals surface area contributed by atoms with Crippen LogP contribution in [0.5, 0.6) is 0 Å². The Labute approximate surface area is 320 Å². The van der Waals surface area contributed by atoms with Crippen LogP contribution in [0.4, 0.5) is 0 Å². The zero-order chi connectivity index (χ0) is 39.9. The maximum atomic E-state index is 13.8. The molecule has 4 aliphatic heterocycles. The molecule has 4 heterocycles. The minimum absolute atomic E-state index is 0.431. The number of aliphatic hydroxyl groups is 7. The van der Waals surface area contributed by atoms with Crippen LogP contribution in [-0.2, 0) is 38.1 Å². The van der Waals surface area contributed by atoms with Crippen LogP contribution in [0.25, 0.3) is 0 Å². The Bertz CT molecular complexity index is 1590. The number of hydrogen-bond acceptors (Lipinski definition) is 15. The van der Waals surface area contributed by atoms with E-state index < -0.39 is 128 Å². The number of nitrogens with two attached hydrogens (primary N) is 1. The Balaban J connectivity index is 1.50. The molecule has 0 unspecified atom stereocenters. The molecule has 9 N–H and O–H groups in total. The SMILES string of the molecule is CC(Cl)=CC(Cl)=CC=CC=CC=CC=C/C(O)=C1\C(=O)[C@H](CC(N)=O)N([C@@H]2OC[C@@H](O)[C@H](O)[C@H]2O[C@@H]2OC[C@@H](O[C@@H]3O[C@H](C)[C@@H](O)[C@@H]3O)[C@@H](O)[C@@H]2O)C1=O. The Morgan fingerprint density at radius 1 is 0.870 bits per heavy atom. The smallest absolute Gasteiger partial charge is 0.264 e. The number of primary amides is 1. The van der Waals surface area contributed by atoms with Crippen LogP contribution < -0.4 is 5.73 Å². The molecule has 17 nitrogen and oxygen atoms in total. The van der Waals surface area contributed by atoms with Crippen molar-refractivity contribution in [2.45, 2.75) is 100 Å².